The Morgan fingerprint density at radius 1 is 1.08 bits per heavy atom. The second-order valence-corrected chi connectivity index (χ2v) is 7.22. The maximum atomic E-state index is 12.2. The van der Waals surface area contributed by atoms with Crippen molar-refractivity contribution in [3.63, 3.8) is 0 Å². The standard InChI is InChI=1S/C19H25N3OS/c1-15-9-10-17(16(2)13-15)14-22-19(20-3)21-11-12-24(23)18-7-5-4-6-8-18/h4-10,13H,11-12,14H2,1-3H3,(H2,20,21,22). The summed E-state index contributed by atoms with van der Waals surface area (Å²) >= 11 is 0. The van der Waals surface area contributed by atoms with Gasteiger partial charge in [0.15, 0.2) is 5.96 Å². The average molecular weight is 343 g/mol. The smallest absolute Gasteiger partial charge is 0.191 e. The van der Waals surface area contributed by atoms with Crippen LogP contribution in [0.15, 0.2) is 58.4 Å². The molecule has 0 aliphatic heterocycles. The Morgan fingerprint density at radius 2 is 1.83 bits per heavy atom. The van der Waals surface area contributed by atoms with Crippen molar-refractivity contribution in [2.24, 2.45) is 4.99 Å². The zero-order valence-electron chi connectivity index (χ0n) is 14.5. The quantitative estimate of drug-likeness (QED) is 0.626. The van der Waals surface area contributed by atoms with Crippen LogP contribution < -0.4 is 10.6 Å². The lowest BCUT2D eigenvalue weighted by molar-refractivity contribution is 0.681. The predicted molar refractivity (Wildman–Crippen MR) is 102 cm³/mol. The van der Waals surface area contributed by atoms with E-state index in [-0.39, 0.29) is 0 Å². The zero-order valence-corrected chi connectivity index (χ0v) is 15.3. The summed E-state index contributed by atoms with van der Waals surface area (Å²) < 4.78 is 12.2. The van der Waals surface area contributed by atoms with Crippen molar-refractivity contribution < 1.29 is 4.21 Å². The predicted octanol–water partition coefficient (Wildman–Crippen LogP) is 2.78. The molecule has 0 spiro atoms. The molecule has 0 aliphatic carbocycles. The van der Waals surface area contributed by atoms with Crippen molar-refractivity contribution in [2.45, 2.75) is 25.3 Å². The van der Waals surface area contributed by atoms with Crippen LogP contribution in [-0.2, 0) is 17.3 Å². The second kappa shape index (κ2) is 9.23. The van der Waals surface area contributed by atoms with E-state index in [1.807, 2.05) is 30.3 Å². The van der Waals surface area contributed by atoms with Crippen LogP contribution in [0.25, 0.3) is 0 Å². The Labute approximate surface area is 146 Å². The van der Waals surface area contributed by atoms with Crippen LogP contribution in [0, 0.1) is 13.8 Å². The number of aliphatic imine (C=N–C) groups is 1. The molecule has 0 bridgehead atoms. The zero-order chi connectivity index (χ0) is 17.4. The van der Waals surface area contributed by atoms with Gasteiger partial charge in [0.05, 0.1) is 10.8 Å². The maximum Gasteiger partial charge on any atom is 0.191 e. The van der Waals surface area contributed by atoms with E-state index in [1.54, 1.807) is 7.05 Å². The molecule has 1 atom stereocenters. The summed E-state index contributed by atoms with van der Waals surface area (Å²) in [5.74, 6) is 1.27. The normalized spacial score (nSPS) is 12.7. The van der Waals surface area contributed by atoms with Crippen LogP contribution in [0.5, 0.6) is 0 Å². The summed E-state index contributed by atoms with van der Waals surface area (Å²) in [6, 6.07) is 16.0. The Hall–Kier alpha value is -2.14. The minimum absolute atomic E-state index is 0.550. The summed E-state index contributed by atoms with van der Waals surface area (Å²) in [5, 5.41) is 6.52. The van der Waals surface area contributed by atoms with Gasteiger partial charge >= 0.3 is 0 Å². The number of rotatable bonds is 6. The van der Waals surface area contributed by atoms with E-state index in [1.165, 1.54) is 16.7 Å². The third kappa shape index (κ3) is 5.49. The molecule has 0 heterocycles. The number of nitrogens with one attached hydrogen (secondary N) is 2. The van der Waals surface area contributed by atoms with Crippen molar-refractivity contribution >= 4 is 16.8 Å². The van der Waals surface area contributed by atoms with Crippen LogP contribution in [0.3, 0.4) is 0 Å². The molecule has 5 heteroatoms. The van der Waals surface area contributed by atoms with Crippen LogP contribution in [0.4, 0.5) is 0 Å². The van der Waals surface area contributed by atoms with Gasteiger partial charge in [-0.05, 0) is 37.1 Å². The molecule has 2 rings (SSSR count). The first-order valence-electron chi connectivity index (χ1n) is 8.04. The molecular formula is C19H25N3OS. The third-order valence-corrected chi connectivity index (χ3v) is 5.13. The van der Waals surface area contributed by atoms with Gasteiger partial charge in [-0.25, -0.2) is 0 Å². The highest BCUT2D eigenvalue weighted by atomic mass is 32.2. The van der Waals surface area contributed by atoms with E-state index in [4.69, 9.17) is 0 Å². The highest BCUT2D eigenvalue weighted by Gasteiger charge is 2.04. The Bertz CT molecular complexity index is 714. The molecule has 0 aromatic heterocycles. The molecule has 0 aliphatic rings. The highest BCUT2D eigenvalue weighted by Crippen LogP contribution is 2.10. The molecule has 0 fully saturated rings. The van der Waals surface area contributed by atoms with E-state index in [0.717, 1.165) is 10.9 Å². The van der Waals surface area contributed by atoms with Crippen molar-refractivity contribution in [2.75, 3.05) is 19.3 Å². The van der Waals surface area contributed by atoms with Gasteiger partial charge in [-0.3, -0.25) is 9.20 Å². The summed E-state index contributed by atoms with van der Waals surface area (Å²) in [5.41, 5.74) is 3.78. The van der Waals surface area contributed by atoms with E-state index in [9.17, 15) is 4.21 Å². The third-order valence-electron chi connectivity index (χ3n) is 3.75. The van der Waals surface area contributed by atoms with Crippen LogP contribution >= 0.6 is 0 Å². The fourth-order valence-electron chi connectivity index (χ4n) is 2.40. The van der Waals surface area contributed by atoms with Gasteiger partial charge in [-0.15, -0.1) is 0 Å². The molecule has 1 unspecified atom stereocenters. The maximum absolute atomic E-state index is 12.2. The molecule has 128 valence electrons. The molecule has 24 heavy (non-hydrogen) atoms. The minimum Gasteiger partial charge on any atom is -0.355 e. The van der Waals surface area contributed by atoms with E-state index in [0.29, 0.717) is 18.8 Å². The first-order chi connectivity index (χ1) is 11.6. The summed E-state index contributed by atoms with van der Waals surface area (Å²) in [4.78, 5) is 5.07. The SMILES string of the molecule is CN=C(NCCS(=O)c1ccccc1)NCc1ccc(C)cc1C. The summed E-state index contributed by atoms with van der Waals surface area (Å²) in [6.07, 6.45) is 0. The monoisotopic (exact) mass is 343 g/mol. The lowest BCUT2D eigenvalue weighted by atomic mass is 10.1. The van der Waals surface area contributed by atoms with Crippen molar-refractivity contribution in [3.8, 4) is 0 Å². The number of guanidine groups is 1. The average Bonchev–Trinajstić information content (AvgIpc) is 2.59. The Kier molecular flexibility index (Phi) is 7.00. The van der Waals surface area contributed by atoms with Crippen LogP contribution in [0.1, 0.15) is 16.7 Å². The highest BCUT2D eigenvalue weighted by molar-refractivity contribution is 7.85. The van der Waals surface area contributed by atoms with Gasteiger partial charge in [-0.1, -0.05) is 42.0 Å². The molecule has 2 N–H and O–H groups in total. The number of aryl methyl sites for hydroxylation is 2. The molecule has 0 saturated heterocycles. The van der Waals surface area contributed by atoms with Crippen LogP contribution in [0.2, 0.25) is 0 Å². The second-order valence-electron chi connectivity index (χ2n) is 5.65. The number of hydrogen-bond donors (Lipinski definition) is 2. The van der Waals surface area contributed by atoms with E-state index in [2.05, 4.69) is 47.7 Å². The Balaban J connectivity index is 1.79. The van der Waals surface area contributed by atoms with Gasteiger partial charge in [0.2, 0.25) is 0 Å². The van der Waals surface area contributed by atoms with Crippen molar-refractivity contribution in [1.29, 1.82) is 0 Å². The summed E-state index contributed by atoms with van der Waals surface area (Å²) in [7, 11) is 0.748. The molecule has 0 saturated carbocycles. The van der Waals surface area contributed by atoms with Crippen LogP contribution in [-0.4, -0.2) is 29.5 Å². The Morgan fingerprint density at radius 3 is 2.50 bits per heavy atom. The number of nitrogens with zero attached hydrogens (tertiary/aromatic N) is 1. The van der Waals surface area contributed by atoms with Crippen molar-refractivity contribution in [1.82, 2.24) is 10.6 Å². The van der Waals surface area contributed by atoms with Crippen molar-refractivity contribution in [3.05, 3.63) is 65.2 Å². The molecule has 4 nitrogen and oxygen atoms in total. The van der Waals surface area contributed by atoms with Gasteiger partial charge < -0.3 is 10.6 Å². The lowest BCUT2D eigenvalue weighted by Crippen LogP contribution is -2.38. The topological polar surface area (TPSA) is 53.5 Å². The first-order valence-corrected chi connectivity index (χ1v) is 9.36. The molecule has 2 aromatic carbocycles. The van der Waals surface area contributed by atoms with Gasteiger partial charge in [0.25, 0.3) is 0 Å². The number of hydrogen-bond acceptors (Lipinski definition) is 2. The number of benzene rings is 2. The molecule has 2 aromatic rings. The molecule has 0 amide bonds. The van der Waals surface area contributed by atoms with E-state index < -0.39 is 10.8 Å². The lowest BCUT2D eigenvalue weighted by Gasteiger charge is -2.13. The van der Waals surface area contributed by atoms with Gasteiger partial charge in [-0.2, -0.15) is 0 Å². The van der Waals surface area contributed by atoms with E-state index >= 15 is 0 Å². The van der Waals surface area contributed by atoms with Gasteiger partial charge in [0, 0.05) is 30.8 Å². The largest absolute Gasteiger partial charge is 0.355 e. The fraction of sp³-hybridized carbons (Fsp3) is 0.316. The molecular weight excluding hydrogens is 318 g/mol. The first kappa shape index (κ1) is 18.2. The summed E-state index contributed by atoms with van der Waals surface area (Å²) in [6.45, 7) is 5.53. The van der Waals surface area contributed by atoms with Gasteiger partial charge in [0.1, 0.15) is 0 Å². The molecule has 0 radical (unpaired) electrons. The minimum atomic E-state index is -0.993. The fourth-order valence-corrected chi connectivity index (χ4v) is 3.38.